The number of hydrogen-bond donors (Lipinski definition) is 2. The number of urea groups is 1. The molecule has 1 aliphatic heterocycles. The topological polar surface area (TPSA) is 78.7 Å². The molecule has 3 amide bonds. The molecule has 1 saturated heterocycles. The zero-order valence-electron chi connectivity index (χ0n) is 14.2. The largest absolute Gasteiger partial charge is 0.351 e. The summed E-state index contributed by atoms with van der Waals surface area (Å²) in [4.78, 5) is 29.5. The molecule has 138 valence electrons. The Morgan fingerprint density at radius 1 is 1.12 bits per heavy atom. The monoisotopic (exact) mass is 436 g/mol. The number of carbonyl (C=O) groups excluding carboxylic acids is 2. The third-order valence-corrected chi connectivity index (χ3v) is 6.00. The van der Waals surface area contributed by atoms with E-state index in [1.807, 2.05) is 30.3 Å². The number of rotatable bonds is 5. The van der Waals surface area contributed by atoms with E-state index in [0.29, 0.717) is 0 Å². The number of carbonyl (C=O) groups is 2. The van der Waals surface area contributed by atoms with Gasteiger partial charge in [0.1, 0.15) is 6.04 Å². The fourth-order valence-corrected chi connectivity index (χ4v) is 4.72. The summed E-state index contributed by atoms with van der Waals surface area (Å²) in [5, 5.41) is 2.23. The van der Waals surface area contributed by atoms with E-state index in [4.69, 9.17) is 5.73 Å². The SMILES string of the molecule is NC(=O)NC(=O)C(c1ccccc1)N1CCN(Cc2ccc(Br)s2)CC1. The summed E-state index contributed by atoms with van der Waals surface area (Å²) >= 11 is 5.24. The van der Waals surface area contributed by atoms with Gasteiger partial charge in [-0.15, -0.1) is 11.3 Å². The molecule has 1 fully saturated rings. The number of imide groups is 1. The Kier molecular flexibility index (Phi) is 6.42. The predicted molar refractivity (Wildman–Crippen MR) is 106 cm³/mol. The Balaban J connectivity index is 1.66. The molecule has 26 heavy (non-hydrogen) atoms. The molecular weight excluding hydrogens is 416 g/mol. The first-order chi connectivity index (χ1) is 12.5. The van der Waals surface area contributed by atoms with Crippen LogP contribution in [0, 0.1) is 0 Å². The van der Waals surface area contributed by atoms with Gasteiger partial charge in [0, 0.05) is 37.6 Å². The summed E-state index contributed by atoms with van der Waals surface area (Å²) in [7, 11) is 0. The van der Waals surface area contributed by atoms with Crippen LogP contribution in [0.25, 0.3) is 0 Å². The van der Waals surface area contributed by atoms with Crippen LogP contribution in [-0.4, -0.2) is 47.9 Å². The van der Waals surface area contributed by atoms with Gasteiger partial charge in [0.2, 0.25) is 5.91 Å². The van der Waals surface area contributed by atoms with Crippen molar-refractivity contribution < 1.29 is 9.59 Å². The molecule has 1 aromatic heterocycles. The van der Waals surface area contributed by atoms with Gasteiger partial charge in [-0.05, 0) is 33.6 Å². The average molecular weight is 437 g/mol. The summed E-state index contributed by atoms with van der Waals surface area (Å²) in [6.45, 7) is 4.13. The maximum atomic E-state index is 12.6. The normalized spacial score (nSPS) is 17.0. The molecule has 1 atom stereocenters. The van der Waals surface area contributed by atoms with Gasteiger partial charge in [0.15, 0.2) is 0 Å². The summed E-state index contributed by atoms with van der Waals surface area (Å²) in [5.41, 5.74) is 6.01. The van der Waals surface area contributed by atoms with E-state index in [-0.39, 0.29) is 5.91 Å². The molecule has 0 saturated carbocycles. The highest BCUT2D eigenvalue weighted by Crippen LogP contribution is 2.26. The van der Waals surface area contributed by atoms with Crippen molar-refractivity contribution >= 4 is 39.2 Å². The maximum Gasteiger partial charge on any atom is 0.318 e. The molecule has 0 spiro atoms. The lowest BCUT2D eigenvalue weighted by Crippen LogP contribution is -2.51. The van der Waals surface area contributed by atoms with E-state index in [1.165, 1.54) is 4.88 Å². The van der Waals surface area contributed by atoms with E-state index in [0.717, 1.165) is 42.1 Å². The zero-order valence-corrected chi connectivity index (χ0v) is 16.6. The number of nitrogens with zero attached hydrogens (tertiary/aromatic N) is 2. The van der Waals surface area contributed by atoms with Crippen molar-refractivity contribution in [1.82, 2.24) is 15.1 Å². The third kappa shape index (κ3) is 4.91. The Labute approximate surface area is 165 Å². The van der Waals surface area contributed by atoms with Gasteiger partial charge in [-0.1, -0.05) is 30.3 Å². The number of primary amides is 1. The highest BCUT2D eigenvalue weighted by molar-refractivity contribution is 9.11. The van der Waals surface area contributed by atoms with Crippen molar-refractivity contribution in [1.29, 1.82) is 0 Å². The summed E-state index contributed by atoms with van der Waals surface area (Å²) in [5.74, 6) is -0.376. The first-order valence-corrected chi connectivity index (χ1v) is 10.00. The summed E-state index contributed by atoms with van der Waals surface area (Å²) in [6, 6.07) is 12.4. The van der Waals surface area contributed by atoms with Crippen molar-refractivity contribution in [3.63, 3.8) is 0 Å². The van der Waals surface area contributed by atoms with E-state index >= 15 is 0 Å². The van der Waals surface area contributed by atoms with Crippen LogP contribution in [0.4, 0.5) is 4.79 Å². The van der Waals surface area contributed by atoms with Crippen LogP contribution in [0.5, 0.6) is 0 Å². The van der Waals surface area contributed by atoms with Crippen molar-refractivity contribution in [2.75, 3.05) is 26.2 Å². The zero-order chi connectivity index (χ0) is 18.5. The molecule has 2 aromatic rings. The van der Waals surface area contributed by atoms with Gasteiger partial charge >= 0.3 is 6.03 Å². The first-order valence-electron chi connectivity index (χ1n) is 8.39. The molecule has 3 rings (SSSR count). The fourth-order valence-electron chi connectivity index (χ4n) is 3.19. The molecule has 8 heteroatoms. The highest BCUT2D eigenvalue weighted by Gasteiger charge is 2.31. The van der Waals surface area contributed by atoms with Crippen LogP contribution in [0.2, 0.25) is 0 Å². The molecule has 6 nitrogen and oxygen atoms in total. The van der Waals surface area contributed by atoms with Crippen LogP contribution < -0.4 is 11.1 Å². The number of nitrogens with two attached hydrogens (primary N) is 1. The van der Waals surface area contributed by atoms with E-state index in [9.17, 15) is 9.59 Å². The number of hydrogen-bond acceptors (Lipinski definition) is 5. The lowest BCUT2D eigenvalue weighted by molar-refractivity contribution is -0.126. The lowest BCUT2D eigenvalue weighted by Gasteiger charge is -2.38. The highest BCUT2D eigenvalue weighted by atomic mass is 79.9. The third-order valence-electron chi connectivity index (χ3n) is 4.39. The average Bonchev–Trinajstić information content (AvgIpc) is 3.02. The summed E-state index contributed by atoms with van der Waals surface area (Å²) < 4.78 is 1.14. The molecule has 0 radical (unpaired) electrons. The number of amides is 3. The quantitative estimate of drug-likeness (QED) is 0.754. The number of nitrogens with one attached hydrogen (secondary N) is 1. The Hall–Kier alpha value is -1.74. The van der Waals surface area contributed by atoms with Crippen molar-refractivity contribution in [2.24, 2.45) is 5.73 Å². The van der Waals surface area contributed by atoms with Crippen LogP contribution in [0.1, 0.15) is 16.5 Å². The number of halogens is 1. The van der Waals surface area contributed by atoms with E-state index in [1.54, 1.807) is 11.3 Å². The van der Waals surface area contributed by atoms with Crippen LogP contribution in [-0.2, 0) is 11.3 Å². The molecule has 1 aliphatic rings. The molecule has 3 N–H and O–H groups in total. The molecular formula is C18H21BrN4O2S. The molecule has 2 heterocycles. The first kappa shape index (κ1) is 19.0. The minimum Gasteiger partial charge on any atom is -0.351 e. The Bertz CT molecular complexity index is 760. The van der Waals surface area contributed by atoms with E-state index < -0.39 is 12.1 Å². The van der Waals surface area contributed by atoms with Gasteiger partial charge in [-0.25, -0.2) is 4.79 Å². The lowest BCUT2D eigenvalue weighted by atomic mass is 10.0. The second-order valence-electron chi connectivity index (χ2n) is 6.18. The maximum absolute atomic E-state index is 12.6. The van der Waals surface area contributed by atoms with Crippen molar-refractivity contribution in [3.05, 3.63) is 56.7 Å². The number of benzene rings is 1. The Morgan fingerprint density at radius 3 is 2.38 bits per heavy atom. The van der Waals surface area contributed by atoms with Crippen LogP contribution in [0.15, 0.2) is 46.3 Å². The minimum absolute atomic E-state index is 0.376. The summed E-state index contributed by atoms with van der Waals surface area (Å²) in [6.07, 6.45) is 0. The minimum atomic E-state index is -0.821. The molecule has 0 aliphatic carbocycles. The van der Waals surface area contributed by atoms with E-state index in [2.05, 4.69) is 43.2 Å². The van der Waals surface area contributed by atoms with Crippen LogP contribution >= 0.6 is 27.3 Å². The second-order valence-corrected chi connectivity index (χ2v) is 8.73. The van der Waals surface area contributed by atoms with Crippen molar-refractivity contribution in [3.8, 4) is 0 Å². The van der Waals surface area contributed by atoms with Gasteiger partial charge in [0.25, 0.3) is 0 Å². The van der Waals surface area contributed by atoms with Crippen LogP contribution in [0.3, 0.4) is 0 Å². The van der Waals surface area contributed by atoms with Gasteiger partial charge in [-0.3, -0.25) is 19.9 Å². The van der Waals surface area contributed by atoms with Gasteiger partial charge < -0.3 is 5.73 Å². The predicted octanol–water partition coefficient (Wildman–Crippen LogP) is 2.56. The van der Waals surface area contributed by atoms with Gasteiger partial charge in [-0.2, -0.15) is 0 Å². The standard InChI is InChI=1S/C18H21BrN4O2S/c19-15-7-6-14(26-15)12-22-8-10-23(11-9-22)16(17(24)21-18(20)25)13-4-2-1-3-5-13/h1-7,16H,8-12H2,(H3,20,21,24,25). The molecule has 1 unspecified atom stereocenters. The Morgan fingerprint density at radius 2 is 1.81 bits per heavy atom. The smallest absolute Gasteiger partial charge is 0.318 e. The number of piperazine rings is 1. The fraction of sp³-hybridized carbons (Fsp3) is 0.333. The van der Waals surface area contributed by atoms with Crippen molar-refractivity contribution in [2.45, 2.75) is 12.6 Å². The van der Waals surface area contributed by atoms with Gasteiger partial charge in [0.05, 0.1) is 3.79 Å². The molecule has 1 aromatic carbocycles. The number of thiophene rings is 1. The second kappa shape index (κ2) is 8.77. The molecule has 0 bridgehead atoms.